The second-order valence-corrected chi connectivity index (χ2v) is 5.98. The molecule has 118 valence electrons. The first-order valence-electron chi connectivity index (χ1n) is 9.79. The molecule has 3 aliphatic heterocycles. The van der Waals surface area contributed by atoms with Gasteiger partial charge in [-0.1, -0.05) is 12.1 Å². The van der Waals surface area contributed by atoms with Crippen LogP contribution in [-0.2, 0) is 4.74 Å². The number of likely N-dealkylation sites (tertiary alicyclic amines) is 1. The summed E-state index contributed by atoms with van der Waals surface area (Å²) in [7, 11) is 1.59. The quantitative estimate of drug-likeness (QED) is 0.797. The molecule has 1 saturated heterocycles. The summed E-state index contributed by atoms with van der Waals surface area (Å²) in [5.74, 6) is -0.0551. The number of piperidine rings is 1. The average Bonchev–Trinajstić information content (AvgIpc) is 2.94. The highest BCUT2D eigenvalue weighted by molar-refractivity contribution is 5.81. The maximum Gasteiger partial charge on any atom is 0.409 e. The summed E-state index contributed by atoms with van der Waals surface area (Å²) < 4.78 is 39.0. The molecule has 3 heterocycles. The number of amides is 1. The second-order valence-electron chi connectivity index (χ2n) is 5.98. The topological polar surface area (TPSA) is 36.0 Å². The minimum absolute atomic E-state index is 0.0551. The molecule has 1 amide bonds. The molecule has 3 aliphatic rings. The minimum atomic E-state index is -2.17. The first kappa shape index (κ1) is 9.98. The molecule has 1 aromatic carbocycles. The summed E-state index contributed by atoms with van der Waals surface area (Å²) >= 11 is 0. The molecular weight excluding hydrogens is 278 g/mol. The maximum atomic E-state index is 12.2. The summed E-state index contributed by atoms with van der Waals surface area (Å²) in [6.45, 7) is -1.29. The number of anilines is 2. The third-order valence-corrected chi connectivity index (χ3v) is 4.82. The third kappa shape index (κ3) is 1.87. The van der Waals surface area contributed by atoms with E-state index in [4.69, 9.17) is 10.2 Å². The lowest BCUT2D eigenvalue weighted by Gasteiger charge is -2.41. The van der Waals surface area contributed by atoms with Crippen molar-refractivity contribution in [3.8, 4) is 0 Å². The van der Waals surface area contributed by atoms with Crippen molar-refractivity contribution in [1.82, 2.24) is 4.90 Å². The predicted molar refractivity (Wildman–Crippen MR) is 86.8 cm³/mol. The SMILES string of the molecule is [2H]C1([2H])N(C)c2cccc3c2N([C@H]2CCN(C(=O)OCC)C[C@@H]32)C1([2H])[2H]. The van der Waals surface area contributed by atoms with Gasteiger partial charge >= 0.3 is 6.09 Å². The number of hydrogen-bond acceptors (Lipinski definition) is 4. The van der Waals surface area contributed by atoms with E-state index >= 15 is 0 Å². The van der Waals surface area contributed by atoms with E-state index in [9.17, 15) is 4.79 Å². The molecule has 0 aromatic heterocycles. The van der Waals surface area contributed by atoms with Crippen molar-refractivity contribution in [2.24, 2.45) is 0 Å². The Morgan fingerprint density at radius 2 is 2.32 bits per heavy atom. The van der Waals surface area contributed by atoms with Gasteiger partial charge in [-0.2, -0.15) is 0 Å². The number of para-hydroxylation sites is 1. The Bertz CT molecular complexity index is 758. The van der Waals surface area contributed by atoms with E-state index in [2.05, 4.69) is 0 Å². The number of likely N-dealkylation sites (N-methyl/N-ethyl adjacent to an activating group) is 1. The number of ether oxygens (including phenoxy) is 1. The number of rotatable bonds is 1. The Morgan fingerprint density at radius 1 is 1.45 bits per heavy atom. The number of nitrogens with zero attached hydrogens (tertiary/aromatic N) is 3. The highest BCUT2D eigenvalue weighted by Gasteiger charge is 2.45. The molecule has 0 aliphatic carbocycles. The van der Waals surface area contributed by atoms with Crippen LogP contribution in [-0.4, -0.2) is 56.8 Å². The fraction of sp³-hybridized carbons (Fsp3) is 0.588. The van der Waals surface area contributed by atoms with E-state index in [0.717, 1.165) is 11.3 Å². The first-order chi connectivity index (χ1) is 12.2. The molecule has 0 spiro atoms. The van der Waals surface area contributed by atoms with Crippen LogP contribution in [0.1, 0.15) is 30.3 Å². The predicted octanol–water partition coefficient (Wildman–Crippen LogP) is 2.27. The van der Waals surface area contributed by atoms with Crippen molar-refractivity contribution < 1.29 is 15.0 Å². The van der Waals surface area contributed by atoms with E-state index in [1.165, 1.54) is 4.90 Å². The molecule has 1 fully saturated rings. The normalized spacial score (nSPS) is 33.1. The molecule has 5 heteroatoms. The van der Waals surface area contributed by atoms with Crippen molar-refractivity contribution >= 4 is 17.5 Å². The summed E-state index contributed by atoms with van der Waals surface area (Å²) in [5.41, 5.74) is 2.43. The third-order valence-electron chi connectivity index (χ3n) is 4.82. The van der Waals surface area contributed by atoms with Crippen LogP contribution in [0.4, 0.5) is 16.2 Å². The van der Waals surface area contributed by atoms with Crippen molar-refractivity contribution in [3.63, 3.8) is 0 Å². The Morgan fingerprint density at radius 3 is 3.14 bits per heavy atom. The van der Waals surface area contributed by atoms with Crippen molar-refractivity contribution in [2.45, 2.75) is 25.3 Å². The zero-order valence-corrected chi connectivity index (χ0v) is 12.9. The van der Waals surface area contributed by atoms with Gasteiger partial charge in [-0.25, -0.2) is 4.79 Å². The minimum Gasteiger partial charge on any atom is -0.450 e. The molecule has 1 aromatic rings. The average molecular weight is 305 g/mol. The van der Waals surface area contributed by atoms with Crippen LogP contribution in [0.15, 0.2) is 18.2 Å². The van der Waals surface area contributed by atoms with Crippen molar-refractivity contribution in [2.75, 3.05) is 49.5 Å². The molecule has 0 unspecified atom stereocenters. The molecule has 0 saturated carbocycles. The van der Waals surface area contributed by atoms with Gasteiger partial charge in [0.15, 0.2) is 0 Å². The molecule has 22 heavy (non-hydrogen) atoms. The van der Waals surface area contributed by atoms with Gasteiger partial charge in [0, 0.05) is 45.1 Å². The summed E-state index contributed by atoms with van der Waals surface area (Å²) in [4.78, 5) is 16.9. The smallest absolute Gasteiger partial charge is 0.409 e. The highest BCUT2D eigenvalue weighted by atomic mass is 16.6. The molecule has 2 atom stereocenters. The largest absolute Gasteiger partial charge is 0.450 e. The molecule has 4 rings (SSSR count). The number of hydrogen-bond donors (Lipinski definition) is 0. The van der Waals surface area contributed by atoms with Gasteiger partial charge in [-0.05, 0) is 25.0 Å². The number of benzene rings is 1. The van der Waals surface area contributed by atoms with E-state index in [1.54, 1.807) is 23.8 Å². The Labute approximate surface area is 137 Å². The van der Waals surface area contributed by atoms with E-state index in [-0.39, 0.29) is 18.1 Å². The van der Waals surface area contributed by atoms with Crippen LogP contribution in [0.5, 0.6) is 0 Å². The molecule has 5 nitrogen and oxygen atoms in total. The van der Waals surface area contributed by atoms with Gasteiger partial charge < -0.3 is 19.4 Å². The summed E-state index contributed by atoms with van der Waals surface area (Å²) in [6, 6.07) is 5.51. The standard InChI is InChI=1S/C17H23N3O2/c1-3-22-17(21)19-8-7-14-13(11-19)12-5-4-6-15-16(12)20(14)10-9-18(15)2/h4-6,13-14H,3,7-11H2,1-2H3/t13-,14-/m0/s1/i9D2,10D2. The van der Waals surface area contributed by atoms with Gasteiger partial charge in [-0.15, -0.1) is 0 Å². The number of carbonyl (C=O) groups is 1. The lowest BCUT2D eigenvalue weighted by molar-refractivity contribution is 0.0934. The van der Waals surface area contributed by atoms with Gasteiger partial charge in [0.25, 0.3) is 0 Å². The monoisotopic (exact) mass is 305 g/mol. The Kier molecular flexibility index (Phi) is 2.30. The maximum absolute atomic E-state index is 12.2. The number of carbonyl (C=O) groups excluding carboxylic acids is 1. The van der Waals surface area contributed by atoms with Gasteiger partial charge in [0.2, 0.25) is 0 Å². The zero-order valence-electron chi connectivity index (χ0n) is 16.9. The first-order valence-corrected chi connectivity index (χ1v) is 7.79. The fourth-order valence-corrected chi connectivity index (χ4v) is 3.81. The molecule has 0 bridgehead atoms. The van der Waals surface area contributed by atoms with E-state index < -0.39 is 13.0 Å². The van der Waals surface area contributed by atoms with E-state index in [1.807, 2.05) is 18.2 Å². The zero-order chi connectivity index (χ0) is 18.9. The molecular formula is C17H23N3O2. The van der Waals surface area contributed by atoms with Crippen molar-refractivity contribution in [1.29, 1.82) is 0 Å². The molecule has 0 N–H and O–H groups in total. The molecule has 0 radical (unpaired) electrons. The van der Waals surface area contributed by atoms with Gasteiger partial charge in [-0.3, -0.25) is 0 Å². The lowest BCUT2D eigenvalue weighted by Crippen LogP contribution is -2.50. The van der Waals surface area contributed by atoms with Crippen molar-refractivity contribution in [3.05, 3.63) is 23.8 Å². The Hall–Kier alpha value is -1.91. The lowest BCUT2D eigenvalue weighted by atomic mass is 9.89. The Balaban J connectivity index is 1.79. The van der Waals surface area contributed by atoms with E-state index in [0.29, 0.717) is 31.8 Å². The van der Waals surface area contributed by atoms with Crippen LogP contribution in [0.25, 0.3) is 0 Å². The number of fused-ring (bicyclic) bond motifs is 3. The van der Waals surface area contributed by atoms with Crippen LogP contribution in [0, 0.1) is 0 Å². The second kappa shape index (κ2) is 5.07. The van der Waals surface area contributed by atoms with Crippen LogP contribution in [0.2, 0.25) is 0 Å². The van der Waals surface area contributed by atoms with Gasteiger partial charge in [0.1, 0.15) is 0 Å². The summed E-state index contributed by atoms with van der Waals surface area (Å²) in [6.07, 6.45) is 0.240. The van der Waals surface area contributed by atoms with Crippen LogP contribution < -0.4 is 9.80 Å². The van der Waals surface area contributed by atoms with Crippen LogP contribution >= 0.6 is 0 Å². The summed E-state index contributed by atoms with van der Waals surface area (Å²) in [5, 5.41) is 0. The van der Waals surface area contributed by atoms with Crippen LogP contribution in [0.3, 0.4) is 0 Å². The highest BCUT2D eigenvalue weighted by Crippen LogP contribution is 2.50. The fourth-order valence-electron chi connectivity index (χ4n) is 3.81. The van der Waals surface area contributed by atoms with Gasteiger partial charge in [0.05, 0.1) is 23.5 Å².